The number of halogens is 1. The van der Waals surface area contributed by atoms with Crippen LogP contribution in [0.25, 0.3) is 10.9 Å². The van der Waals surface area contributed by atoms with Crippen molar-refractivity contribution in [3.05, 3.63) is 28.9 Å². The molecule has 0 spiro atoms. The van der Waals surface area contributed by atoms with E-state index in [0.29, 0.717) is 5.92 Å². The first-order chi connectivity index (χ1) is 9.02. The zero-order chi connectivity index (χ0) is 14.0. The molecule has 0 saturated carbocycles. The van der Waals surface area contributed by atoms with E-state index < -0.39 is 0 Å². The van der Waals surface area contributed by atoms with Crippen LogP contribution in [0.2, 0.25) is 0 Å². The van der Waals surface area contributed by atoms with Gasteiger partial charge in [-0.05, 0) is 40.0 Å². The van der Waals surface area contributed by atoms with Gasteiger partial charge in [0.2, 0.25) is 0 Å². The summed E-state index contributed by atoms with van der Waals surface area (Å²) in [6.45, 7) is 5.50. The Kier molecular flexibility index (Phi) is 4.30. The van der Waals surface area contributed by atoms with Gasteiger partial charge in [0.15, 0.2) is 0 Å². The minimum atomic E-state index is 0.660. The Morgan fingerprint density at radius 3 is 2.84 bits per heavy atom. The summed E-state index contributed by atoms with van der Waals surface area (Å²) in [7, 11) is 2.11. The molecule has 0 amide bonds. The van der Waals surface area contributed by atoms with Crippen molar-refractivity contribution >= 4 is 38.2 Å². The third-order valence-corrected chi connectivity index (χ3v) is 3.96. The number of hydrogen-bond donors (Lipinski definition) is 1. The van der Waals surface area contributed by atoms with E-state index in [1.807, 2.05) is 18.3 Å². The van der Waals surface area contributed by atoms with E-state index in [-0.39, 0.29) is 0 Å². The number of nitrogen functional groups attached to an aromatic ring is 1. The highest BCUT2D eigenvalue weighted by molar-refractivity contribution is 9.10. The number of benzene rings is 1. The van der Waals surface area contributed by atoms with Gasteiger partial charge in [0.25, 0.3) is 0 Å². The van der Waals surface area contributed by atoms with Gasteiger partial charge in [0.1, 0.15) is 0 Å². The molecule has 3 nitrogen and oxygen atoms in total. The second-order valence-corrected chi connectivity index (χ2v) is 6.03. The Labute approximate surface area is 122 Å². The lowest BCUT2D eigenvalue weighted by atomic mass is 10.1. The summed E-state index contributed by atoms with van der Waals surface area (Å²) in [4.78, 5) is 6.79. The fourth-order valence-electron chi connectivity index (χ4n) is 2.20. The van der Waals surface area contributed by atoms with E-state index in [4.69, 9.17) is 5.73 Å². The van der Waals surface area contributed by atoms with Gasteiger partial charge < -0.3 is 10.6 Å². The summed E-state index contributed by atoms with van der Waals surface area (Å²) in [6, 6.07) is 6.04. The minimum absolute atomic E-state index is 0.660. The van der Waals surface area contributed by atoms with E-state index in [1.54, 1.807) is 0 Å². The van der Waals surface area contributed by atoms with Crippen LogP contribution in [0.15, 0.2) is 28.9 Å². The normalized spacial score (nSPS) is 12.6. The van der Waals surface area contributed by atoms with Crippen LogP contribution >= 0.6 is 15.9 Å². The predicted molar refractivity (Wildman–Crippen MR) is 86.6 cm³/mol. The lowest BCUT2D eigenvalue weighted by Gasteiger charge is -2.24. The zero-order valence-corrected chi connectivity index (χ0v) is 13.2. The summed E-state index contributed by atoms with van der Waals surface area (Å²) in [6.07, 6.45) is 3.00. The number of rotatable bonds is 4. The molecule has 0 fully saturated rings. The lowest BCUT2D eigenvalue weighted by molar-refractivity contribution is 0.560. The number of fused-ring (bicyclic) bond motifs is 1. The van der Waals surface area contributed by atoms with Gasteiger partial charge in [-0.15, -0.1) is 0 Å². The van der Waals surface area contributed by atoms with Crippen LogP contribution in [0.3, 0.4) is 0 Å². The first-order valence-electron chi connectivity index (χ1n) is 6.57. The monoisotopic (exact) mass is 321 g/mol. The summed E-state index contributed by atoms with van der Waals surface area (Å²) in [5.41, 5.74) is 8.91. The van der Waals surface area contributed by atoms with Crippen molar-refractivity contribution in [1.82, 2.24) is 4.98 Å². The van der Waals surface area contributed by atoms with Crippen molar-refractivity contribution in [2.45, 2.75) is 20.3 Å². The second kappa shape index (κ2) is 5.78. The topological polar surface area (TPSA) is 42.1 Å². The number of anilines is 2. The molecule has 2 rings (SSSR count). The Morgan fingerprint density at radius 1 is 1.42 bits per heavy atom. The van der Waals surface area contributed by atoms with Crippen LogP contribution in [0, 0.1) is 5.92 Å². The highest BCUT2D eigenvalue weighted by Crippen LogP contribution is 2.31. The Bertz CT molecular complexity index is 583. The Balaban J connectivity index is 2.46. The van der Waals surface area contributed by atoms with E-state index in [0.717, 1.165) is 33.3 Å². The highest BCUT2D eigenvalue weighted by atomic mass is 79.9. The SMILES string of the molecule is CCC(C)CN(C)c1ccc(N)c2cc(Br)cnc12. The van der Waals surface area contributed by atoms with Gasteiger partial charge in [-0.3, -0.25) is 4.98 Å². The highest BCUT2D eigenvalue weighted by Gasteiger charge is 2.12. The third-order valence-electron chi connectivity index (χ3n) is 3.52. The van der Waals surface area contributed by atoms with E-state index >= 15 is 0 Å². The van der Waals surface area contributed by atoms with Crippen molar-refractivity contribution in [1.29, 1.82) is 0 Å². The molecule has 1 unspecified atom stereocenters. The molecule has 19 heavy (non-hydrogen) atoms. The van der Waals surface area contributed by atoms with E-state index in [2.05, 4.69) is 52.8 Å². The molecule has 0 radical (unpaired) electrons. The Morgan fingerprint density at radius 2 is 2.16 bits per heavy atom. The maximum atomic E-state index is 6.04. The fourth-order valence-corrected chi connectivity index (χ4v) is 2.54. The largest absolute Gasteiger partial charge is 0.398 e. The van der Waals surface area contributed by atoms with Crippen LogP contribution < -0.4 is 10.6 Å². The maximum absolute atomic E-state index is 6.04. The molecule has 0 aliphatic rings. The van der Waals surface area contributed by atoms with Gasteiger partial charge in [0.05, 0.1) is 11.2 Å². The number of hydrogen-bond acceptors (Lipinski definition) is 3. The third kappa shape index (κ3) is 3.00. The molecule has 1 heterocycles. The molecule has 2 aromatic rings. The number of aromatic nitrogens is 1. The molecular weight excluding hydrogens is 302 g/mol. The molecule has 0 saturated heterocycles. The molecule has 0 bridgehead atoms. The van der Waals surface area contributed by atoms with Crippen LogP contribution in [0.5, 0.6) is 0 Å². The summed E-state index contributed by atoms with van der Waals surface area (Å²) < 4.78 is 0.952. The zero-order valence-electron chi connectivity index (χ0n) is 11.7. The average molecular weight is 322 g/mol. The van der Waals surface area contributed by atoms with E-state index in [1.165, 1.54) is 6.42 Å². The molecule has 2 N–H and O–H groups in total. The molecule has 1 aromatic carbocycles. The van der Waals surface area contributed by atoms with Crippen molar-refractivity contribution in [3.63, 3.8) is 0 Å². The van der Waals surface area contributed by atoms with Crippen molar-refractivity contribution in [2.75, 3.05) is 24.2 Å². The standard InChI is InChI=1S/C15H20BrN3/c1-4-10(2)9-19(3)14-6-5-13(17)12-7-11(16)8-18-15(12)14/h5-8,10H,4,9,17H2,1-3H3. The molecule has 0 aliphatic carbocycles. The van der Waals surface area contributed by atoms with Gasteiger partial charge >= 0.3 is 0 Å². The summed E-state index contributed by atoms with van der Waals surface area (Å²) in [5.74, 6) is 0.660. The van der Waals surface area contributed by atoms with Gasteiger partial charge in [-0.25, -0.2) is 0 Å². The first-order valence-corrected chi connectivity index (χ1v) is 7.37. The average Bonchev–Trinajstić information content (AvgIpc) is 2.39. The van der Waals surface area contributed by atoms with Crippen LogP contribution in [0.4, 0.5) is 11.4 Å². The lowest BCUT2D eigenvalue weighted by Crippen LogP contribution is -2.24. The summed E-state index contributed by atoms with van der Waals surface area (Å²) >= 11 is 3.45. The Hall–Kier alpha value is -1.29. The fraction of sp³-hybridized carbons (Fsp3) is 0.400. The smallest absolute Gasteiger partial charge is 0.0956 e. The van der Waals surface area contributed by atoms with Crippen LogP contribution in [-0.2, 0) is 0 Å². The first kappa shape index (κ1) is 14.1. The van der Waals surface area contributed by atoms with E-state index in [9.17, 15) is 0 Å². The van der Waals surface area contributed by atoms with Crippen molar-refractivity contribution < 1.29 is 0 Å². The minimum Gasteiger partial charge on any atom is -0.398 e. The molecular formula is C15H20BrN3. The number of nitrogens with zero attached hydrogens (tertiary/aromatic N) is 2. The summed E-state index contributed by atoms with van der Waals surface area (Å²) in [5, 5.41) is 1.00. The van der Waals surface area contributed by atoms with Crippen LogP contribution in [0.1, 0.15) is 20.3 Å². The second-order valence-electron chi connectivity index (χ2n) is 5.12. The van der Waals surface area contributed by atoms with Crippen molar-refractivity contribution in [2.24, 2.45) is 5.92 Å². The van der Waals surface area contributed by atoms with Crippen molar-refractivity contribution in [3.8, 4) is 0 Å². The van der Waals surface area contributed by atoms with Gasteiger partial charge in [0, 0.05) is 35.3 Å². The van der Waals surface area contributed by atoms with Crippen LogP contribution in [-0.4, -0.2) is 18.6 Å². The van der Waals surface area contributed by atoms with Gasteiger partial charge in [-0.1, -0.05) is 20.3 Å². The number of nitrogens with two attached hydrogens (primary N) is 1. The van der Waals surface area contributed by atoms with Gasteiger partial charge in [-0.2, -0.15) is 0 Å². The molecule has 102 valence electrons. The maximum Gasteiger partial charge on any atom is 0.0956 e. The number of pyridine rings is 1. The quantitative estimate of drug-likeness (QED) is 0.863. The molecule has 0 aliphatic heterocycles. The molecule has 1 atom stereocenters. The molecule has 4 heteroatoms. The predicted octanol–water partition coefficient (Wildman–Crippen LogP) is 4.06. The molecule has 1 aromatic heterocycles.